The van der Waals surface area contributed by atoms with Crippen LogP contribution in [0.15, 0.2) is 79.1 Å². The fourth-order valence-corrected chi connectivity index (χ4v) is 11.7. The Kier molecular flexibility index (Phi) is 7.51. The second-order valence-electron chi connectivity index (χ2n) is 12.8. The molecule has 0 radical (unpaired) electrons. The van der Waals surface area contributed by atoms with Gasteiger partial charge >= 0.3 is 6.61 Å². The Morgan fingerprint density at radius 1 is 0.905 bits per heavy atom. The van der Waals surface area contributed by atoms with Crippen LogP contribution < -0.4 is 15.1 Å². The van der Waals surface area contributed by atoms with Gasteiger partial charge in [-0.15, -0.1) is 0 Å². The summed E-state index contributed by atoms with van der Waals surface area (Å²) >= 11 is 0. The number of hydrogen-bond donors (Lipinski definition) is 0. The summed E-state index contributed by atoms with van der Waals surface area (Å²) in [4.78, 5) is 9.01. The van der Waals surface area contributed by atoms with E-state index in [1.54, 1.807) is 6.20 Å². The third-order valence-electron chi connectivity index (χ3n) is 8.80. The summed E-state index contributed by atoms with van der Waals surface area (Å²) in [6.07, 6.45) is 5.00. The third kappa shape index (κ3) is 5.17. The zero-order chi connectivity index (χ0) is 29.6. The Morgan fingerprint density at radius 2 is 1.50 bits per heavy atom. The van der Waals surface area contributed by atoms with E-state index in [2.05, 4.69) is 105 Å². The quantitative estimate of drug-likeness (QED) is 0.207. The van der Waals surface area contributed by atoms with Crippen LogP contribution in [0, 0.1) is 11.8 Å². The van der Waals surface area contributed by atoms with Crippen molar-refractivity contribution in [3.05, 3.63) is 84.9 Å². The van der Waals surface area contributed by atoms with E-state index in [0.717, 1.165) is 18.7 Å². The molecule has 0 aliphatic heterocycles. The van der Waals surface area contributed by atoms with Gasteiger partial charge < -0.3 is 9.16 Å². The first-order valence-corrected chi connectivity index (χ1v) is 16.6. The minimum atomic E-state index is -2.91. The summed E-state index contributed by atoms with van der Waals surface area (Å²) in [7, 11) is -2.62. The third-order valence-corrected chi connectivity index (χ3v) is 13.9. The first-order chi connectivity index (χ1) is 20.1. The maximum absolute atomic E-state index is 12.8. The monoisotopic (exact) mass is 588 g/mol. The summed E-state index contributed by atoms with van der Waals surface area (Å²) in [5, 5.41) is 7.32. The molecule has 6 rings (SSSR count). The molecule has 2 aromatic carbocycles. The maximum Gasteiger partial charge on any atom is 0.387 e. The molecule has 2 aliphatic carbocycles. The van der Waals surface area contributed by atoms with Gasteiger partial charge in [-0.2, -0.15) is 13.9 Å². The van der Waals surface area contributed by atoms with Gasteiger partial charge in [0.15, 0.2) is 5.82 Å². The van der Waals surface area contributed by atoms with Crippen LogP contribution >= 0.6 is 0 Å². The van der Waals surface area contributed by atoms with Gasteiger partial charge in [0.25, 0.3) is 8.32 Å². The minimum absolute atomic E-state index is 0.00319. The molecule has 0 saturated heterocycles. The van der Waals surface area contributed by atoms with Crippen molar-refractivity contribution in [1.82, 2.24) is 19.7 Å². The lowest BCUT2D eigenvalue weighted by Gasteiger charge is -2.45. The van der Waals surface area contributed by atoms with Crippen LogP contribution in [-0.4, -0.2) is 40.8 Å². The molecule has 4 aromatic rings. The summed E-state index contributed by atoms with van der Waals surface area (Å²) in [5.74, 6) is 2.71. The predicted octanol–water partition coefficient (Wildman–Crippen LogP) is 6.59. The summed E-state index contributed by atoms with van der Waals surface area (Å²) in [6.45, 7) is 8.22. The number of fused-ring (bicyclic) bond motifs is 1. The molecule has 2 aromatic heterocycles. The van der Waals surface area contributed by atoms with Crippen molar-refractivity contribution in [2.75, 3.05) is 0 Å². The zero-order valence-corrected chi connectivity index (χ0v) is 25.7. The molecular formula is C33H38F2N4O2Si. The minimum Gasteiger partial charge on any atom is -0.433 e. The van der Waals surface area contributed by atoms with Crippen LogP contribution in [0.5, 0.6) is 5.75 Å². The van der Waals surface area contributed by atoms with E-state index in [9.17, 15) is 8.78 Å². The van der Waals surface area contributed by atoms with E-state index < -0.39 is 14.9 Å². The number of hydrogen-bond acceptors (Lipinski definition) is 5. The highest BCUT2D eigenvalue weighted by atomic mass is 28.4. The molecule has 220 valence electrons. The molecule has 0 bridgehead atoms. The standard InChI is InChI=1S/C33H38F2N4O2Si/c1-21(2)39-31(37-30(38-39)22-16-24(20-36-19-22)40-32(34)35)29-27-17-23(18-28(27)29)41-42(33(3,4)5,25-12-8-6-9-13-25)26-14-10-7-11-15-26/h6-16,19-21,23,27-29,32H,17-18H2,1-5H3/t23?,27-,28+,29?. The molecule has 2 saturated carbocycles. The number of pyridine rings is 1. The molecule has 4 atom stereocenters. The molecule has 2 aliphatic rings. The molecule has 0 amide bonds. The molecular weight excluding hydrogens is 550 g/mol. The lowest BCUT2D eigenvalue weighted by molar-refractivity contribution is -0.0500. The Bertz CT molecular complexity index is 1470. The van der Waals surface area contributed by atoms with Gasteiger partial charge in [0.1, 0.15) is 11.6 Å². The van der Waals surface area contributed by atoms with E-state index >= 15 is 0 Å². The number of nitrogens with zero attached hydrogens (tertiary/aromatic N) is 4. The van der Waals surface area contributed by atoms with Crippen LogP contribution in [0.4, 0.5) is 8.78 Å². The average molecular weight is 589 g/mol. The fraction of sp³-hybridized carbons (Fsp3) is 0.424. The van der Waals surface area contributed by atoms with Crippen molar-refractivity contribution >= 4 is 18.7 Å². The number of rotatable bonds is 9. The Labute approximate surface area is 247 Å². The average Bonchev–Trinajstić information content (AvgIpc) is 3.27. The van der Waals surface area contributed by atoms with Crippen LogP contribution in [0.1, 0.15) is 65.2 Å². The number of benzene rings is 2. The first kappa shape index (κ1) is 28.7. The van der Waals surface area contributed by atoms with E-state index in [1.807, 2.05) is 4.68 Å². The van der Waals surface area contributed by atoms with Gasteiger partial charge in [0.2, 0.25) is 0 Å². The molecule has 0 N–H and O–H groups in total. The molecule has 2 unspecified atom stereocenters. The van der Waals surface area contributed by atoms with Gasteiger partial charge in [0, 0.05) is 29.8 Å². The normalized spacial score (nSPS) is 22.0. The Hall–Kier alpha value is -3.43. The van der Waals surface area contributed by atoms with Crippen LogP contribution in [0.25, 0.3) is 11.4 Å². The van der Waals surface area contributed by atoms with E-state index in [0.29, 0.717) is 29.1 Å². The van der Waals surface area contributed by atoms with E-state index in [-0.39, 0.29) is 22.9 Å². The SMILES string of the molecule is CC(C)n1nc(-c2cncc(OC(F)F)c2)nc1C1[C@H]2CC(O[Si](c3ccccc3)(c3ccccc3)C(C)(C)C)C[C@@H]12. The zero-order valence-electron chi connectivity index (χ0n) is 24.7. The lowest BCUT2D eigenvalue weighted by Crippen LogP contribution is -2.67. The van der Waals surface area contributed by atoms with Crippen molar-refractivity contribution in [3.8, 4) is 17.1 Å². The van der Waals surface area contributed by atoms with Gasteiger partial charge in [-0.3, -0.25) is 4.98 Å². The lowest BCUT2D eigenvalue weighted by atomic mass is 10.1. The van der Waals surface area contributed by atoms with Crippen molar-refractivity contribution in [2.24, 2.45) is 11.8 Å². The van der Waals surface area contributed by atoms with Crippen LogP contribution in [-0.2, 0) is 4.43 Å². The second-order valence-corrected chi connectivity index (χ2v) is 17.1. The van der Waals surface area contributed by atoms with Gasteiger partial charge in [0.05, 0.1) is 6.20 Å². The van der Waals surface area contributed by atoms with Crippen molar-refractivity contribution in [1.29, 1.82) is 0 Å². The molecule has 9 heteroatoms. The highest BCUT2D eigenvalue weighted by Crippen LogP contribution is 2.64. The first-order valence-electron chi connectivity index (χ1n) is 14.7. The molecule has 6 nitrogen and oxygen atoms in total. The van der Waals surface area contributed by atoms with Crippen LogP contribution in [0.2, 0.25) is 5.04 Å². The Morgan fingerprint density at radius 3 is 2.02 bits per heavy atom. The topological polar surface area (TPSA) is 62.1 Å². The number of ether oxygens (including phenoxy) is 1. The van der Waals surface area contributed by atoms with Gasteiger partial charge in [-0.05, 0) is 60.0 Å². The smallest absolute Gasteiger partial charge is 0.387 e. The summed E-state index contributed by atoms with van der Waals surface area (Å²) in [6, 6.07) is 23.2. The molecule has 2 heterocycles. The summed E-state index contributed by atoms with van der Waals surface area (Å²) in [5.41, 5.74) is 0.563. The fourth-order valence-electron chi connectivity index (χ4n) is 6.98. The van der Waals surface area contributed by atoms with Crippen molar-refractivity contribution in [3.63, 3.8) is 0 Å². The summed E-state index contributed by atoms with van der Waals surface area (Å²) < 4.78 is 39.5. The van der Waals surface area contributed by atoms with Gasteiger partial charge in [-0.25, -0.2) is 9.67 Å². The highest BCUT2D eigenvalue weighted by molar-refractivity contribution is 6.99. The van der Waals surface area contributed by atoms with E-state index in [1.165, 1.54) is 22.6 Å². The maximum atomic E-state index is 12.8. The molecule has 0 spiro atoms. The van der Waals surface area contributed by atoms with Crippen molar-refractivity contribution < 1.29 is 17.9 Å². The van der Waals surface area contributed by atoms with Gasteiger partial charge in [-0.1, -0.05) is 81.4 Å². The second kappa shape index (κ2) is 11.0. The number of aromatic nitrogens is 4. The molecule has 42 heavy (non-hydrogen) atoms. The predicted molar refractivity (Wildman–Crippen MR) is 162 cm³/mol. The highest BCUT2D eigenvalue weighted by Gasteiger charge is 2.61. The largest absolute Gasteiger partial charge is 0.433 e. The number of alkyl halides is 2. The molecule has 2 fully saturated rings. The van der Waals surface area contributed by atoms with Crippen LogP contribution in [0.3, 0.4) is 0 Å². The number of halogens is 2. The van der Waals surface area contributed by atoms with E-state index in [4.69, 9.17) is 14.5 Å². The van der Waals surface area contributed by atoms with Crippen molar-refractivity contribution in [2.45, 2.75) is 77.2 Å². The Balaban J connectivity index is 1.26.